The number of hydrogen-bond donors (Lipinski definition) is 1. The second-order valence-electron chi connectivity index (χ2n) is 7.63. The number of aromatic nitrogens is 1. The van der Waals surface area contributed by atoms with Crippen molar-refractivity contribution in [2.75, 3.05) is 20.5 Å². The number of rotatable bonds is 12. The number of nitrogens with zero attached hydrogens (tertiary/aromatic N) is 1. The van der Waals surface area contributed by atoms with E-state index in [1.54, 1.807) is 0 Å². The quantitative estimate of drug-likeness (QED) is 0.365. The molecule has 1 aromatic heterocycles. The van der Waals surface area contributed by atoms with Crippen LogP contribution < -0.4 is 19.5 Å². The fourth-order valence-corrected chi connectivity index (χ4v) is 2.71. The van der Waals surface area contributed by atoms with E-state index in [2.05, 4.69) is 10.3 Å². The first-order valence-electron chi connectivity index (χ1n) is 10.7. The van der Waals surface area contributed by atoms with Crippen molar-refractivity contribution < 1.29 is 38.1 Å². The van der Waals surface area contributed by atoms with Crippen LogP contribution in [0, 0.1) is 5.92 Å². The smallest absolute Gasteiger partial charge is 0.328 e. The van der Waals surface area contributed by atoms with Crippen LogP contribution in [-0.2, 0) is 19.1 Å². The molecule has 2 aromatic rings. The molecule has 0 bridgehead atoms. The standard InChI is InChI=1S/C24H30N2O8/c1-15(2)20(34-18-9-7-6-8-10-18)13-31-24(29)16(3)26-23(28)21-22(33-14-32-17(4)27)19(30-5)11-12-25-21/h6-12,15-16,20H,13-14H2,1-5H3,(H,26,28)/t16-,20?/m0/s1. The maximum Gasteiger partial charge on any atom is 0.328 e. The SMILES string of the molecule is COc1ccnc(C(=O)N[C@@H](C)C(=O)OCC(Oc2ccccc2)C(C)C)c1OCOC(C)=O. The highest BCUT2D eigenvalue weighted by Crippen LogP contribution is 2.29. The summed E-state index contributed by atoms with van der Waals surface area (Å²) in [6, 6.07) is 9.73. The van der Waals surface area contributed by atoms with Gasteiger partial charge in [-0.25, -0.2) is 9.78 Å². The Hall–Kier alpha value is -3.82. The molecule has 1 heterocycles. The Kier molecular flexibility index (Phi) is 10.1. The van der Waals surface area contributed by atoms with E-state index < -0.39 is 30.7 Å². The third kappa shape index (κ3) is 7.95. The number of benzene rings is 1. The minimum atomic E-state index is -0.980. The molecule has 34 heavy (non-hydrogen) atoms. The Labute approximate surface area is 198 Å². The van der Waals surface area contributed by atoms with Gasteiger partial charge in [-0.3, -0.25) is 9.59 Å². The minimum Gasteiger partial charge on any atom is -0.493 e. The Morgan fingerprint density at radius 1 is 1.03 bits per heavy atom. The molecule has 0 spiro atoms. The summed E-state index contributed by atoms with van der Waals surface area (Å²) >= 11 is 0. The molecule has 2 atom stereocenters. The zero-order valence-corrected chi connectivity index (χ0v) is 19.9. The number of para-hydroxylation sites is 1. The molecule has 2 rings (SSSR count). The topological polar surface area (TPSA) is 122 Å². The van der Waals surface area contributed by atoms with Gasteiger partial charge in [-0.05, 0) is 25.0 Å². The zero-order chi connectivity index (χ0) is 25.1. The van der Waals surface area contributed by atoms with Gasteiger partial charge in [-0.2, -0.15) is 0 Å². The fraction of sp³-hybridized carbons (Fsp3) is 0.417. The van der Waals surface area contributed by atoms with Crippen LogP contribution in [0.1, 0.15) is 38.2 Å². The van der Waals surface area contributed by atoms with Gasteiger partial charge in [-0.1, -0.05) is 32.0 Å². The maximum absolute atomic E-state index is 12.8. The zero-order valence-electron chi connectivity index (χ0n) is 19.9. The number of carbonyl (C=O) groups is 3. The van der Waals surface area contributed by atoms with E-state index in [0.717, 1.165) is 0 Å². The lowest BCUT2D eigenvalue weighted by molar-refractivity contribution is -0.149. The molecule has 0 fully saturated rings. The van der Waals surface area contributed by atoms with Crippen molar-refractivity contribution in [3.05, 3.63) is 48.3 Å². The molecular weight excluding hydrogens is 444 g/mol. The molecule has 10 heteroatoms. The van der Waals surface area contributed by atoms with Crippen molar-refractivity contribution in [1.29, 1.82) is 0 Å². The molecule has 0 aliphatic heterocycles. The number of hydrogen-bond acceptors (Lipinski definition) is 9. The van der Waals surface area contributed by atoms with Gasteiger partial charge < -0.3 is 29.0 Å². The van der Waals surface area contributed by atoms with E-state index in [4.69, 9.17) is 23.7 Å². The summed E-state index contributed by atoms with van der Waals surface area (Å²) in [5, 5.41) is 2.53. The second kappa shape index (κ2) is 13.0. The van der Waals surface area contributed by atoms with E-state index in [1.807, 2.05) is 44.2 Å². The molecule has 0 aliphatic rings. The minimum absolute atomic E-state index is 0.0137. The number of methoxy groups -OCH3 is 1. The van der Waals surface area contributed by atoms with Crippen LogP contribution in [0.25, 0.3) is 0 Å². The monoisotopic (exact) mass is 474 g/mol. The molecule has 0 saturated carbocycles. The molecule has 1 aromatic carbocycles. The highest BCUT2D eigenvalue weighted by Gasteiger charge is 2.25. The average molecular weight is 475 g/mol. The number of ether oxygens (including phenoxy) is 5. The van der Waals surface area contributed by atoms with Crippen molar-refractivity contribution in [3.63, 3.8) is 0 Å². The van der Waals surface area contributed by atoms with Gasteiger partial charge in [-0.15, -0.1) is 0 Å². The van der Waals surface area contributed by atoms with Gasteiger partial charge in [0.2, 0.25) is 6.79 Å². The van der Waals surface area contributed by atoms with Crippen molar-refractivity contribution in [2.24, 2.45) is 5.92 Å². The molecule has 0 aliphatic carbocycles. The molecular formula is C24H30N2O8. The number of amides is 1. The molecule has 1 unspecified atom stereocenters. The summed E-state index contributed by atoms with van der Waals surface area (Å²) in [4.78, 5) is 40.3. The number of esters is 2. The Bertz CT molecular complexity index is 965. The van der Waals surface area contributed by atoms with Gasteiger partial charge >= 0.3 is 11.9 Å². The molecule has 0 radical (unpaired) electrons. The number of carbonyl (C=O) groups excluding carboxylic acids is 3. The summed E-state index contributed by atoms with van der Waals surface area (Å²) in [5.74, 6) is -0.954. The lowest BCUT2D eigenvalue weighted by atomic mass is 10.1. The van der Waals surface area contributed by atoms with Gasteiger partial charge in [0.15, 0.2) is 17.2 Å². The predicted molar refractivity (Wildman–Crippen MR) is 122 cm³/mol. The molecule has 184 valence electrons. The van der Waals surface area contributed by atoms with Crippen molar-refractivity contribution in [2.45, 2.75) is 39.8 Å². The average Bonchev–Trinajstić information content (AvgIpc) is 2.81. The molecule has 1 amide bonds. The highest BCUT2D eigenvalue weighted by molar-refractivity contribution is 5.98. The van der Waals surface area contributed by atoms with Crippen molar-refractivity contribution in [1.82, 2.24) is 10.3 Å². The van der Waals surface area contributed by atoms with Crippen LogP contribution in [0.5, 0.6) is 17.2 Å². The first-order chi connectivity index (χ1) is 16.2. The summed E-state index contributed by atoms with van der Waals surface area (Å²) < 4.78 is 26.6. The summed E-state index contributed by atoms with van der Waals surface area (Å²) in [5.41, 5.74) is -0.140. The van der Waals surface area contributed by atoms with E-state index in [0.29, 0.717) is 5.75 Å². The third-order valence-electron chi connectivity index (χ3n) is 4.63. The van der Waals surface area contributed by atoms with Crippen LogP contribution in [0.2, 0.25) is 0 Å². The first kappa shape index (κ1) is 26.4. The van der Waals surface area contributed by atoms with E-state index in [1.165, 1.54) is 33.2 Å². The molecule has 10 nitrogen and oxygen atoms in total. The van der Waals surface area contributed by atoms with Crippen LogP contribution in [0.15, 0.2) is 42.6 Å². The van der Waals surface area contributed by atoms with Gasteiger partial charge in [0.1, 0.15) is 24.5 Å². The van der Waals surface area contributed by atoms with Gasteiger partial charge in [0.25, 0.3) is 5.91 Å². The van der Waals surface area contributed by atoms with Gasteiger partial charge in [0, 0.05) is 19.2 Å². The number of pyridine rings is 1. The van der Waals surface area contributed by atoms with Crippen molar-refractivity contribution >= 4 is 17.8 Å². The lowest BCUT2D eigenvalue weighted by Crippen LogP contribution is -2.41. The Morgan fingerprint density at radius 3 is 2.35 bits per heavy atom. The van der Waals surface area contributed by atoms with Crippen LogP contribution in [0.3, 0.4) is 0 Å². The van der Waals surface area contributed by atoms with E-state index >= 15 is 0 Å². The lowest BCUT2D eigenvalue weighted by Gasteiger charge is -2.23. The number of nitrogens with one attached hydrogen (secondary N) is 1. The van der Waals surface area contributed by atoms with Crippen molar-refractivity contribution in [3.8, 4) is 17.2 Å². The molecule has 0 saturated heterocycles. The normalized spacial score (nSPS) is 12.3. The largest absolute Gasteiger partial charge is 0.493 e. The van der Waals surface area contributed by atoms with Crippen LogP contribution in [-0.4, -0.2) is 55.5 Å². The van der Waals surface area contributed by atoms with E-state index in [-0.39, 0.29) is 35.8 Å². The third-order valence-corrected chi connectivity index (χ3v) is 4.63. The Morgan fingerprint density at radius 2 is 1.74 bits per heavy atom. The summed E-state index contributed by atoms with van der Waals surface area (Å²) in [6.07, 6.45) is 0.986. The highest BCUT2D eigenvalue weighted by atomic mass is 16.7. The predicted octanol–water partition coefficient (Wildman–Crippen LogP) is 2.75. The Balaban J connectivity index is 2.00. The maximum atomic E-state index is 12.8. The summed E-state index contributed by atoms with van der Waals surface area (Å²) in [6.45, 7) is 6.20. The molecule has 1 N–H and O–H groups in total. The van der Waals surface area contributed by atoms with Gasteiger partial charge in [0.05, 0.1) is 7.11 Å². The fourth-order valence-electron chi connectivity index (χ4n) is 2.71. The van der Waals surface area contributed by atoms with Crippen LogP contribution in [0.4, 0.5) is 0 Å². The second-order valence-corrected chi connectivity index (χ2v) is 7.63. The summed E-state index contributed by atoms with van der Waals surface area (Å²) in [7, 11) is 1.39. The van der Waals surface area contributed by atoms with E-state index in [9.17, 15) is 14.4 Å². The van der Waals surface area contributed by atoms with Crippen LogP contribution >= 0.6 is 0 Å². The first-order valence-corrected chi connectivity index (χ1v) is 10.7.